The van der Waals surface area contributed by atoms with Gasteiger partial charge in [0.25, 0.3) is 5.92 Å². The quantitative estimate of drug-likeness (QED) is 0.381. The normalized spacial score (nSPS) is 20.9. The first-order valence-electron chi connectivity index (χ1n) is 12.4. The van der Waals surface area contributed by atoms with Gasteiger partial charge in [-0.05, 0) is 35.9 Å². The minimum Gasteiger partial charge on any atom is -0.372 e. The number of hydrogen-bond donors (Lipinski definition) is 3. The van der Waals surface area contributed by atoms with Crippen molar-refractivity contribution in [1.82, 2.24) is 10.3 Å². The predicted molar refractivity (Wildman–Crippen MR) is 140 cm³/mol. The molecule has 12 heteroatoms. The second-order valence-electron chi connectivity index (χ2n) is 9.77. The van der Waals surface area contributed by atoms with E-state index in [4.69, 9.17) is 11.6 Å². The summed E-state index contributed by atoms with van der Waals surface area (Å²) in [4.78, 5) is 31.5. The Morgan fingerprint density at radius 2 is 1.95 bits per heavy atom. The van der Waals surface area contributed by atoms with E-state index in [1.54, 1.807) is 24.3 Å². The average Bonchev–Trinajstić information content (AvgIpc) is 3.19. The standard InChI is InChI=1S/C28H23ClF3N5O3/c29-21-6-2-1-5-19(21)24(26(39)35-17-12-28(31,32)13-17)36-22-10-16(30)7-8-18(22)20-11-23(38)37(27(20)40)25-15(14-33)4-3-9-34-25/h1-10,17,20,24,27,36,40H,11-13H2,(H,35,39)/t20?,24-,27+/m0/s1. The Morgan fingerprint density at radius 3 is 2.65 bits per heavy atom. The smallest absolute Gasteiger partial charge is 0.252 e. The number of pyridine rings is 1. The first-order valence-corrected chi connectivity index (χ1v) is 12.8. The van der Waals surface area contributed by atoms with Gasteiger partial charge in [-0.2, -0.15) is 5.26 Å². The number of aliphatic hydroxyl groups excluding tert-OH is 1. The van der Waals surface area contributed by atoms with Gasteiger partial charge >= 0.3 is 0 Å². The van der Waals surface area contributed by atoms with E-state index in [2.05, 4.69) is 15.6 Å². The van der Waals surface area contributed by atoms with Gasteiger partial charge in [-0.3, -0.25) is 14.5 Å². The van der Waals surface area contributed by atoms with Gasteiger partial charge < -0.3 is 15.7 Å². The lowest BCUT2D eigenvalue weighted by Gasteiger charge is -2.36. The van der Waals surface area contributed by atoms with Crippen LogP contribution in [0.3, 0.4) is 0 Å². The van der Waals surface area contributed by atoms with Crippen molar-refractivity contribution in [3.63, 3.8) is 0 Å². The number of anilines is 2. The van der Waals surface area contributed by atoms with Crippen molar-refractivity contribution < 1.29 is 27.9 Å². The summed E-state index contributed by atoms with van der Waals surface area (Å²) in [6.45, 7) is 0. The Hall–Kier alpha value is -4.14. The van der Waals surface area contributed by atoms with E-state index in [1.807, 2.05) is 6.07 Å². The molecule has 8 nitrogen and oxygen atoms in total. The second-order valence-corrected chi connectivity index (χ2v) is 10.2. The summed E-state index contributed by atoms with van der Waals surface area (Å²) >= 11 is 6.38. The highest BCUT2D eigenvalue weighted by atomic mass is 35.5. The molecule has 206 valence electrons. The number of alkyl halides is 2. The van der Waals surface area contributed by atoms with Crippen LogP contribution in [-0.4, -0.2) is 40.1 Å². The maximum atomic E-state index is 14.5. The molecule has 40 heavy (non-hydrogen) atoms. The van der Waals surface area contributed by atoms with E-state index in [0.29, 0.717) is 11.1 Å². The molecule has 1 aliphatic heterocycles. The van der Waals surface area contributed by atoms with Crippen LogP contribution in [-0.2, 0) is 9.59 Å². The molecule has 1 aromatic heterocycles. The summed E-state index contributed by atoms with van der Waals surface area (Å²) in [6, 6.07) is 13.1. The third-order valence-electron chi connectivity index (χ3n) is 7.05. The number of halogens is 4. The van der Waals surface area contributed by atoms with Gasteiger partial charge in [0.1, 0.15) is 24.2 Å². The molecule has 1 saturated heterocycles. The Morgan fingerprint density at radius 1 is 1.20 bits per heavy atom. The molecular weight excluding hydrogens is 547 g/mol. The number of nitriles is 1. The van der Waals surface area contributed by atoms with Gasteiger partial charge in [0.2, 0.25) is 11.8 Å². The molecule has 1 unspecified atom stereocenters. The Bertz CT molecular complexity index is 1510. The van der Waals surface area contributed by atoms with Crippen LogP contribution in [0.25, 0.3) is 0 Å². The van der Waals surface area contributed by atoms with Crippen LogP contribution in [0.15, 0.2) is 60.8 Å². The van der Waals surface area contributed by atoms with E-state index in [-0.39, 0.29) is 28.5 Å². The molecule has 2 fully saturated rings. The van der Waals surface area contributed by atoms with Crippen LogP contribution >= 0.6 is 11.6 Å². The predicted octanol–water partition coefficient (Wildman–Crippen LogP) is 4.65. The van der Waals surface area contributed by atoms with Gasteiger partial charge in [-0.15, -0.1) is 0 Å². The molecule has 2 amide bonds. The summed E-state index contributed by atoms with van der Waals surface area (Å²) in [5.74, 6) is -5.56. The minimum absolute atomic E-state index is 0.00718. The summed E-state index contributed by atoms with van der Waals surface area (Å²) in [7, 11) is 0. The van der Waals surface area contributed by atoms with Crippen LogP contribution < -0.4 is 15.5 Å². The van der Waals surface area contributed by atoms with Crippen molar-refractivity contribution >= 4 is 34.9 Å². The number of nitrogens with one attached hydrogen (secondary N) is 2. The molecule has 0 bridgehead atoms. The molecule has 1 saturated carbocycles. The highest BCUT2D eigenvalue weighted by Crippen LogP contribution is 2.41. The number of amides is 2. The molecule has 5 rings (SSSR count). The van der Waals surface area contributed by atoms with Crippen molar-refractivity contribution in [3.05, 3.63) is 88.3 Å². The fourth-order valence-corrected chi connectivity index (χ4v) is 5.33. The molecular formula is C28H23ClF3N5O3. The number of aromatic nitrogens is 1. The van der Waals surface area contributed by atoms with Crippen molar-refractivity contribution in [2.75, 3.05) is 10.2 Å². The number of nitrogens with zero attached hydrogens (tertiary/aromatic N) is 3. The zero-order chi connectivity index (χ0) is 28.6. The fourth-order valence-electron chi connectivity index (χ4n) is 5.08. The van der Waals surface area contributed by atoms with Gasteiger partial charge in [0, 0.05) is 53.7 Å². The van der Waals surface area contributed by atoms with Crippen molar-refractivity contribution in [1.29, 1.82) is 5.26 Å². The molecule has 1 aliphatic carbocycles. The summed E-state index contributed by atoms with van der Waals surface area (Å²) in [6.07, 6.45) is -1.25. The summed E-state index contributed by atoms with van der Waals surface area (Å²) in [5, 5.41) is 26.5. The number of rotatable bonds is 7. The van der Waals surface area contributed by atoms with Crippen LogP contribution in [0.1, 0.15) is 47.9 Å². The Kier molecular flexibility index (Phi) is 7.40. The van der Waals surface area contributed by atoms with Gasteiger partial charge in [-0.1, -0.05) is 35.9 Å². The lowest BCUT2D eigenvalue weighted by molar-refractivity contribution is -0.130. The van der Waals surface area contributed by atoms with E-state index < -0.39 is 60.6 Å². The monoisotopic (exact) mass is 569 g/mol. The first kappa shape index (κ1) is 27.4. The number of aliphatic hydroxyl groups is 1. The molecule has 0 radical (unpaired) electrons. The lowest BCUT2D eigenvalue weighted by Crippen LogP contribution is -2.52. The Labute approximate surface area is 232 Å². The van der Waals surface area contributed by atoms with Crippen LogP contribution in [0.4, 0.5) is 24.7 Å². The van der Waals surface area contributed by atoms with E-state index in [1.165, 1.54) is 24.4 Å². The van der Waals surface area contributed by atoms with Gasteiger partial charge in [0.05, 0.1) is 5.56 Å². The molecule has 2 aliphatic rings. The van der Waals surface area contributed by atoms with E-state index in [0.717, 1.165) is 17.0 Å². The van der Waals surface area contributed by atoms with Gasteiger partial charge in [0.15, 0.2) is 5.82 Å². The first-order chi connectivity index (χ1) is 19.1. The molecule has 2 heterocycles. The minimum atomic E-state index is -2.85. The van der Waals surface area contributed by atoms with Crippen LogP contribution in [0.2, 0.25) is 5.02 Å². The number of carbonyl (C=O) groups is 2. The van der Waals surface area contributed by atoms with Crippen molar-refractivity contribution in [3.8, 4) is 6.07 Å². The average molecular weight is 570 g/mol. The molecule has 3 N–H and O–H groups in total. The Balaban J connectivity index is 1.48. The van der Waals surface area contributed by atoms with Crippen molar-refractivity contribution in [2.24, 2.45) is 0 Å². The summed E-state index contributed by atoms with van der Waals surface area (Å²) < 4.78 is 41.3. The number of benzene rings is 2. The molecule has 2 aromatic carbocycles. The second kappa shape index (κ2) is 10.8. The maximum absolute atomic E-state index is 14.5. The van der Waals surface area contributed by atoms with Gasteiger partial charge in [-0.25, -0.2) is 18.2 Å². The summed E-state index contributed by atoms with van der Waals surface area (Å²) in [5.41, 5.74) is 0.822. The molecule has 3 aromatic rings. The van der Waals surface area contributed by atoms with Crippen LogP contribution in [0.5, 0.6) is 0 Å². The number of carbonyl (C=O) groups excluding carboxylic acids is 2. The topological polar surface area (TPSA) is 118 Å². The highest BCUT2D eigenvalue weighted by molar-refractivity contribution is 6.31. The van der Waals surface area contributed by atoms with Crippen molar-refractivity contribution in [2.45, 2.75) is 49.4 Å². The maximum Gasteiger partial charge on any atom is 0.252 e. The third-order valence-corrected chi connectivity index (χ3v) is 7.40. The largest absolute Gasteiger partial charge is 0.372 e. The molecule has 3 atom stereocenters. The zero-order valence-electron chi connectivity index (χ0n) is 20.8. The SMILES string of the molecule is N#Cc1cccnc1N1C(=O)CC(c2ccc(F)cc2N[C@H](C(=O)NC2CC(F)(F)C2)c2ccccc2Cl)[C@H]1O. The zero-order valence-corrected chi connectivity index (χ0v) is 21.6. The fraction of sp³-hybridized carbons (Fsp3) is 0.286. The molecule has 0 spiro atoms. The van der Waals surface area contributed by atoms with Crippen LogP contribution in [0, 0.1) is 17.1 Å². The highest BCUT2D eigenvalue weighted by Gasteiger charge is 2.47. The lowest BCUT2D eigenvalue weighted by atomic mass is 9.87. The number of hydrogen-bond acceptors (Lipinski definition) is 6. The van der Waals surface area contributed by atoms with E-state index in [9.17, 15) is 33.1 Å². The third kappa shape index (κ3) is 5.33. The van der Waals surface area contributed by atoms with E-state index >= 15 is 0 Å².